The van der Waals surface area contributed by atoms with Gasteiger partial charge >= 0.3 is 0 Å². The van der Waals surface area contributed by atoms with Crippen LogP contribution in [0, 0.1) is 12.3 Å². The van der Waals surface area contributed by atoms with Gasteiger partial charge in [-0.2, -0.15) is 4.98 Å². The Hall–Kier alpha value is -1.35. The van der Waals surface area contributed by atoms with E-state index in [1.807, 2.05) is 18.2 Å². The molecule has 1 aromatic carbocycles. The van der Waals surface area contributed by atoms with E-state index in [0.717, 1.165) is 18.0 Å². The molecule has 0 saturated heterocycles. The summed E-state index contributed by atoms with van der Waals surface area (Å²) >= 11 is 6.06. The molecule has 0 aliphatic rings. The van der Waals surface area contributed by atoms with Crippen molar-refractivity contribution >= 4 is 41.5 Å². The SMILES string of the molecule is CN=C(NCc1nc(C)no1)NCC(C)(C)Cc1cccc(Cl)c1.I. The smallest absolute Gasteiger partial charge is 0.246 e. The average molecular weight is 478 g/mol. The van der Waals surface area contributed by atoms with Crippen molar-refractivity contribution in [2.45, 2.75) is 33.7 Å². The third kappa shape index (κ3) is 7.60. The number of nitrogens with one attached hydrogen (secondary N) is 2. The molecule has 2 N–H and O–H groups in total. The minimum Gasteiger partial charge on any atom is -0.356 e. The topological polar surface area (TPSA) is 75.3 Å². The second-order valence-electron chi connectivity index (χ2n) is 6.49. The summed E-state index contributed by atoms with van der Waals surface area (Å²) in [6.07, 6.45) is 0.917. The highest BCUT2D eigenvalue weighted by Gasteiger charge is 2.19. The van der Waals surface area contributed by atoms with E-state index in [-0.39, 0.29) is 29.4 Å². The lowest BCUT2D eigenvalue weighted by molar-refractivity contribution is 0.356. The fourth-order valence-electron chi connectivity index (χ4n) is 2.38. The van der Waals surface area contributed by atoms with Crippen molar-refractivity contribution in [1.82, 2.24) is 20.8 Å². The van der Waals surface area contributed by atoms with Gasteiger partial charge in [-0.3, -0.25) is 4.99 Å². The van der Waals surface area contributed by atoms with Crippen LogP contribution in [0.1, 0.15) is 31.1 Å². The van der Waals surface area contributed by atoms with Gasteiger partial charge in [0.05, 0.1) is 6.54 Å². The van der Waals surface area contributed by atoms with Crippen LogP contribution in [0.3, 0.4) is 0 Å². The van der Waals surface area contributed by atoms with Crippen LogP contribution in [0.15, 0.2) is 33.8 Å². The van der Waals surface area contributed by atoms with Crippen molar-refractivity contribution in [3.05, 3.63) is 46.6 Å². The van der Waals surface area contributed by atoms with Crippen molar-refractivity contribution in [3.8, 4) is 0 Å². The lowest BCUT2D eigenvalue weighted by Gasteiger charge is -2.26. The Kier molecular flexibility index (Phi) is 8.64. The normalized spacial score (nSPS) is 11.8. The predicted molar refractivity (Wildman–Crippen MR) is 112 cm³/mol. The molecule has 0 fully saturated rings. The van der Waals surface area contributed by atoms with Crippen LogP contribution in [0.5, 0.6) is 0 Å². The van der Waals surface area contributed by atoms with Crippen LogP contribution in [0.4, 0.5) is 0 Å². The van der Waals surface area contributed by atoms with E-state index in [1.54, 1.807) is 14.0 Å². The third-order valence-electron chi connectivity index (χ3n) is 3.51. The Morgan fingerprint density at radius 1 is 1.32 bits per heavy atom. The standard InChI is InChI=1S/C17H24ClN5O.HI/c1-12-22-15(24-23-12)10-20-16(19-4)21-11-17(2,3)9-13-6-5-7-14(18)8-13;/h5-8H,9-11H2,1-4H3,(H2,19,20,21);1H. The molecule has 2 rings (SSSR count). The molecule has 1 aromatic heterocycles. The summed E-state index contributed by atoms with van der Waals surface area (Å²) in [7, 11) is 1.73. The van der Waals surface area contributed by atoms with E-state index < -0.39 is 0 Å². The van der Waals surface area contributed by atoms with Gasteiger partial charge in [-0.1, -0.05) is 42.7 Å². The minimum atomic E-state index is 0. The number of guanidine groups is 1. The van der Waals surface area contributed by atoms with E-state index in [1.165, 1.54) is 5.56 Å². The molecule has 1 heterocycles. The highest BCUT2D eigenvalue weighted by atomic mass is 127. The number of rotatable bonds is 6. The fourth-order valence-corrected chi connectivity index (χ4v) is 2.59. The summed E-state index contributed by atoms with van der Waals surface area (Å²) in [5.41, 5.74) is 1.27. The highest BCUT2D eigenvalue weighted by molar-refractivity contribution is 14.0. The Balaban J connectivity index is 0.00000312. The fraction of sp³-hybridized carbons (Fsp3) is 0.471. The summed E-state index contributed by atoms with van der Waals surface area (Å²) in [6, 6.07) is 7.97. The first-order valence-electron chi connectivity index (χ1n) is 7.86. The molecule has 0 aliphatic heterocycles. The molecule has 0 saturated carbocycles. The Morgan fingerprint density at radius 2 is 2.08 bits per heavy atom. The molecule has 0 atom stereocenters. The van der Waals surface area contributed by atoms with Crippen molar-refractivity contribution in [2.24, 2.45) is 10.4 Å². The van der Waals surface area contributed by atoms with Crippen molar-refractivity contribution in [2.75, 3.05) is 13.6 Å². The molecule has 2 aromatic rings. The van der Waals surface area contributed by atoms with Crippen LogP contribution < -0.4 is 10.6 Å². The van der Waals surface area contributed by atoms with Gasteiger partial charge in [-0.05, 0) is 36.5 Å². The van der Waals surface area contributed by atoms with E-state index in [0.29, 0.717) is 24.2 Å². The van der Waals surface area contributed by atoms with Gasteiger partial charge < -0.3 is 15.2 Å². The number of aryl methyl sites for hydroxylation is 1. The number of aromatic nitrogens is 2. The second-order valence-corrected chi connectivity index (χ2v) is 6.92. The molecule has 0 amide bonds. The van der Waals surface area contributed by atoms with E-state index in [2.05, 4.69) is 45.7 Å². The summed E-state index contributed by atoms with van der Waals surface area (Å²) < 4.78 is 5.08. The Morgan fingerprint density at radius 3 is 2.68 bits per heavy atom. The number of hydrogen-bond acceptors (Lipinski definition) is 4. The zero-order chi connectivity index (χ0) is 17.6. The first kappa shape index (κ1) is 21.7. The summed E-state index contributed by atoms with van der Waals surface area (Å²) in [6.45, 7) is 7.40. The monoisotopic (exact) mass is 477 g/mol. The molecule has 0 bridgehead atoms. The van der Waals surface area contributed by atoms with Crippen molar-refractivity contribution in [1.29, 1.82) is 0 Å². The van der Waals surface area contributed by atoms with Gasteiger partial charge in [0.25, 0.3) is 0 Å². The van der Waals surface area contributed by atoms with Crippen LogP contribution in [0.2, 0.25) is 5.02 Å². The van der Waals surface area contributed by atoms with Gasteiger partial charge in [-0.15, -0.1) is 24.0 Å². The Bertz CT molecular complexity index is 702. The molecular formula is C17H25ClIN5O. The number of hydrogen-bond donors (Lipinski definition) is 2. The third-order valence-corrected chi connectivity index (χ3v) is 3.74. The van der Waals surface area contributed by atoms with Gasteiger partial charge in [-0.25, -0.2) is 0 Å². The zero-order valence-corrected chi connectivity index (χ0v) is 18.1. The van der Waals surface area contributed by atoms with Gasteiger partial charge in [0.2, 0.25) is 5.89 Å². The summed E-state index contributed by atoms with van der Waals surface area (Å²) in [5.74, 6) is 1.86. The highest BCUT2D eigenvalue weighted by Crippen LogP contribution is 2.22. The molecular weight excluding hydrogens is 453 g/mol. The van der Waals surface area contributed by atoms with E-state index in [9.17, 15) is 0 Å². The first-order valence-corrected chi connectivity index (χ1v) is 8.24. The second kappa shape index (κ2) is 9.96. The maximum atomic E-state index is 6.06. The van der Waals surface area contributed by atoms with Crippen molar-refractivity contribution < 1.29 is 4.52 Å². The quantitative estimate of drug-likeness (QED) is 0.378. The van der Waals surface area contributed by atoms with Gasteiger partial charge in [0.15, 0.2) is 11.8 Å². The number of halogens is 2. The lowest BCUT2D eigenvalue weighted by Crippen LogP contribution is -2.42. The van der Waals surface area contributed by atoms with Crippen LogP contribution >= 0.6 is 35.6 Å². The maximum absolute atomic E-state index is 6.06. The molecule has 8 heteroatoms. The molecule has 0 aliphatic carbocycles. The number of nitrogens with zero attached hydrogens (tertiary/aromatic N) is 3. The molecule has 25 heavy (non-hydrogen) atoms. The zero-order valence-electron chi connectivity index (χ0n) is 15.0. The lowest BCUT2D eigenvalue weighted by atomic mass is 9.86. The molecule has 0 radical (unpaired) electrons. The van der Waals surface area contributed by atoms with Crippen LogP contribution in [-0.2, 0) is 13.0 Å². The first-order chi connectivity index (χ1) is 11.4. The Labute approximate surface area is 170 Å². The van der Waals surface area contributed by atoms with Gasteiger partial charge in [0, 0.05) is 18.6 Å². The van der Waals surface area contributed by atoms with Crippen molar-refractivity contribution in [3.63, 3.8) is 0 Å². The molecule has 138 valence electrons. The average Bonchev–Trinajstić information content (AvgIpc) is 2.92. The molecule has 0 spiro atoms. The van der Waals surface area contributed by atoms with E-state index in [4.69, 9.17) is 16.1 Å². The summed E-state index contributed by atoms with van der Waals surface area (Å²) in [5, 5.41) is 11.0. The minimum absolute atomic E-state index is 0. The number of benzene rings is 1. The maximum Gasteiger partial charge on any atom is 0.246 e. The van der Waals surface area contributed by atoms with Gasteiger partial charge in [0.1, 0.15) is 0 Å². The van der Waals surface area contributed by atoms with Crippen LogP contribution in [-0.4, -0.2) is 29.7 Å². The molecule has 6 nitrogen and oxygen atoms in total. The summed E-state index contributed by atoms with van der Waals surface area (Å²) in [4.78, 5) is 8.37. The molecule has 0 unspecified atom stereocenters. The largest absolute Gasteiger partial charge is 0.356 e. The number of aliphatic imine (C=N–C) groups is 1. The van der Waals surface area contributed by atoms with Crippen LogP contribution in [0.25, 0.3) is 0 Å². The van der Waals surface area contributed by atoms with E-state index >= 15 is 0 Å². The predicted octanol–water partition coefficient (Wildman–Crippen LogP) is 3.58.